The maximum atomic E-state index is 5.71. The normalized spacial score (nSPS) is 14.0. The third-order valence-corrected chi connectivity index (χ3v) is 17.9. The van der Waals surface area contributed by atoms with Gasteiger partial charge in [-0.2, -0.15) is 0 Å². The van der Waals surface area contributed by atoms with E-state index in [9.17, 15) is 0 Å². The zero-order chi connectivity index (χ0) is 48.8. The summed E-state index contributed by atoms with van der Waals surface area (Å²) in [5, 5.41) is 0. The predicted octanol–water partition coefficient (Wildman–Crippen LogP) is 22.0. The molecular formula is C66H84Br2N2. The highest BCUT2D eigenvalue weighted by atomic mass is 79.9. The van der Waals surface area contributed by atoms with Crippen LogP contribution >= 0.6 is 31.9 Å². The molecule has 0 bridgehead atoms. The van der Waals surface area contributed by atoms with Crippen molar-refractivity contribution in [1.29, 1.82) is 0 Å². The Hall–Kier alpha value is -3.60. The van der Waals surface area contributed by atoms with E-state index in [1.807, 2.05) is 0 Å². The predicted molar refractivity (Wildman–Crippen MR) is 310 cm³/mol. The number of hydrogen-bond donors (Lipinski definition) is 0. The fourth-order valence-electron chi connectivity index (χ4n) is 12.8. The van der Waals surface area contributed by atoms with Crippen LogP contribution in [0, 0.1) is 0 Å². The van der Waals surface area contributed by atoms with Gasteiger partial charge in [0.15, 0.2) is 0 Å². The van der Waals surface area contributed by atoms with E-state index in [0.29, 0.717) is 0 Å². The summed E-state index contributed by atoms with van der Waals surface area (Å²) in [5.41, 5.74) is 17.9. The molecule has 0 fully saturated rings. The lowest BCUT2D eigenvalue weighted by atomic mass is 9.70. The second-order valence-electron chi connectivity index (χ2n) is 21.5. The van der Waals surface area contributed by atoms with Gasteiger partial charge in [0.1, 0.15) is 11.0 Å². The summed E-state index contributed by atoms with van der Waals surface area (Å²) in [6.45, 7) is 9.31. The molecule has 6 aromatic rings. The number of benzene rings is 5. The van der Waals surface area contributed by atoms with Gasteiger partial charge in [-0.25, -0.2) is 9.97 Å². The first-order valence-corrected chi connectivity index (χ1v) is 30.1. The summed E-state index contributed by atoms with van der Waals surface area (Å²) >= 11 is 7.89. The summed E-state index contributed by atoms with van der Waals surface area (Å²) in [7, 11) is 0. The molecule has 0 saturated carbocycles. The minimum atomic E-state index is -0.0163. The Bertz CT molecular complexity index is 2410. The lowest BCUT2D eigenvalue weighted by Crippen LogP contribution is -2.25. The molecule has 70 heavy (non-hydrogen) atoms. The highest BCUT2D eigenvalue weighted by molar-refractivity contribution is 9.11. The molecule has 0 aliphatic heterocycles. The summed E-state index contributed by atoms with van der Waals surface area (Å²) in [6.07, 6.45) is 36.3. The highest BCUT2D eigenvalue weighted by Crippen LogP contribution is 2.57. The average molecular weight is 1070 g/mol. The molecule has 2 aliphatic carbocycles. The lowest BCUT2D eigenvalue weighted by Gasteiger charge is -2.33. The average Bonchev–Trinajstić information content (AvgIpc) is 3.82. The molecule has 5 aromatic carbocycles. The van der Waals surface area contributed by atoms with E-state index < -0.39 is 0 Å². The third kappa shape index (κ3) is 11.6. The second kappa shape index (κ2) is 25.9. The zero-order valence-corrected chi connectivity index (χ0v) is 46.9. The van der Waals surface area contributed by atoms with E-state index >= 15 is 0 Å². The van der Waals surface area contributed by atoms with Crippen molar-refractivity contribution in [3.63, 3.8) is 0 Å². The van der Waals surface area contributed by atoms with E-state index in [1.165, 1.54) is 224 Å². The van der Waals surface area contributed by atoms with Gasteiger partial charge in [-0.1, -0.05) is 255 Å². The van der Waals surface area contributed by atoms with Crippen molar-refractivity contribution in [2.45, 2.75) is 218 Å². The molecule has 2 nitrogen and oxygen atoms in total. The largest absolute Gasteiger partial charge is 0.243 e. The minimum absolute atomic E-state index is 0.0163. The van der Waals surface area contributed by atoms with Crippen LogP contribution in [0.3, 0.4) is 0 Å². The first-order valence-electron chi connectivity index (χ1n) is 28.6. The Balaban J connectivity index is 1.25. The molecule has 372 valence electrons. The molecule has 0 amide bonds. The van der Waals surface area contributed by atoms with Crippen molar-refractivity contribution < 1.29 is 0 Å². The number of halogens is 2. The number of unbranched alkanes of at least 4 members (excludes halogenated alkanes) is 20. The summed E-state index contributed by atoms with van der Waals surface area (Å²) in [4.78, 5) is 11.4. The van der Waals surface area contributed by atoms with Crippen molar-refractivity contribution in [1.82, 2.24) is 9.97 Å². The number of rotatable bonds is 30. The maximum absolute atomic E-state index is 5.71. The number of fused-ring (bicyclic) bond motifs is 7. The zero-order valence-electron chi connectivity index (χ0n) is 43.7. The van der Waals surface area contributed by atoms with Gasteiger partial charge in [0.05, 0.1) is 11.4 Å². The van der Waals surface area contributed by atoms with Crippen molar-refractivity contribution in [3.05, 3.63) is 128 Å². The van der Waals surface area contributed by atoms with Crippen LogP contribution in [0.4, 0.5) is 0 Å². The van der Waals surface area contributed by atoms with E-state index in [1.54, 1.807) is 11.1 Å². The highest BCUT2D eigenvalue weighted by Gasteiger charge is 2.44. The van der Waals surface area contributed by atoms with Gasteiger partial charge in [-0.3, -0.25) is 0 Å². The molecular weight excluding hydrogens is 981 g/mol. The van der Waals surface area contributed by atoms with Crippen molar-refractivity contribution in [2.24, 2.45) is 0 Å². The van der Waals surface area contributed by atoms with Crippen LogP contribution in [0.2, 0.25) is 0 Å². The molecule has 1 aromatic heterocycles. The van der Waals surface area contributed by atoms with Crippen molar-refractivity contribution >= 4 is 42.9 Å². The van der Waals surface area contributed by atoms with Crippen LogP contribution in [0.15, 0.2) is 106 Å². The summed E-state index contributed by atoms with van der Waals surface area (Å²) in [6, 6.07) is 37.9. The SMILES string of the molecule is CCCCCCCCC1(CCCCCCCC)c2ccccc2-c2ccc(-c3nc4c(Br)ccc(Br)c4nc3-c3ccc4c(c3)C(CCCCCCCC)(CCCCCCCC)c3ccccc3-4)cc21. The Morgan fingerprint density at radius 2 is 0.629 bits per heavy atom. The van der Waals surface area contributed by atoms with Gasteiger partial charge < -0.3 is 0 Å². The van der Waals surface area contributed by atoms with Crippen LogP contribution in [0.25, 0.3) is 55.8 Å². The first kappa shape index (κ1) is 52.7. The molecule has 2 aliphatic rings. The van der Waals surface area contributed by atoms with Gasteiger partial charge in [0.2, 0.25) is 0 Å². The molecule has 0 radical (unpaired) electrons. The van der Waals surface area contributed by atoms with E-state index in [4.69, 9.17) is 9.97 Å². The molecule has 0 N–H and O–H groups in total. The standard InChI is InChI=1S/C66H84Br2N2/c1-5-9-13-17-21-29-43-65(44-30-22-18-14-10-6-2)55-35-27-25-33-51(55)53-39-37-49(47-57(53)65)61-62(70-64-60(68)42-41-59(67)63(64)69-61)50-38-40-54-52-34-26-28-36-56(52)66(58(54)48-50,45-31-23-19-15-11-7-3)46-32-24-20-16-12-8-4/h25-28,33-42,47-48H,5-24,29-32,43-46H2,1-4H3. The minimum Gasteiger partial charge on any atom is -0.243 e. The van der Waals surface area contributed by atoms with Gasteiger partial charge in [0, 0.05) is 30.9 Å². The van der Waals surface area contributed by atoms with Crippen LogP contribution < -0.4 is 0 Å². The Morgan fingerprint density at radius 1 is 0.329 bits per heavy atom. The lowest BCUT2D eigenvalue weighted by molar-refractivity contribution is 0.398. The smallest absolute Gasteiger partial charge is 0.105 e. The number of hydrogen-bond acceptors (Lipinski definition) is 2. The molecule has 0 atom stereocenters. The van der Waals surface area contributed by atoms with E-state index in [-0.39, 0.29) is 10.8 Å². The van der Waals surface area contributed by atoms with Gasteiger partial charge in [0.25, 0.3) is 0 Å². The Labute approximate surface area is 441 Å². The Morgan fingerprint density at radius 3 is 0.971 bits per heavy atom. The second-order valence-corrected chi connectivity index (χ2v) is 23.2. The summed E-state index contributed by atoms with van der Waals surface area (Å²) in [5.74, 6) is 0. The molecule has 0 unspecified atom stereocenters. The fraction of sp³-hybridized carbons (Fsp3) is 0.515. The van der Waals surface area contributed by atoms with Crippen LogP contribution in [-0.2, 0) is 10.8 Å². The van der Waals surface area contributed by atoms with Crippen LogP contribution in [0.1, 0.15) is 230 Å². The van der Waals surface area contributed by atoms with Crippen molar-refractivity contribution in [2.75, 3.05) is 0 Å². The topological polar surface area (TPSA) is 25.8 Å². The monoisotopic (exact) mass is 1060 g/mol. The maximum Gasteiger partial charge on any atom is 0.105 e. The fourth-order valence-corrected chi connectivity index (χ4v) is 13.7. The van der Waals surface area contributed by atoms with E-state index in [0.717, 1.165) is 31.4 Å². The quantitative estimate of drug-likeness (QED) is 0.0420. The molecule has 0 saturated heterocycles. The van der Waals surface area contributed by atoms with Crippen LogP contribution in [-0.4, -0.2) is 9.97 Å². The Kier molecular flexibility index (Phi) is 19.5. The van der Waals surface area contributed by atoms with Gasteiger partial charge in [-0.15, -0.1) is 0 Å². The number of nitrogens with zero attached hydrogens (tertiary/aromatic N) is 2. The molecule has 1 heterocycles. The molecule has 0 spiro atoms. The molecule has 4 heteroatoms. The third-order valence-electron chi connectivity index (χ3n) is 16.6. The summed E-state index contributed by atoms with van der Waals surface area (Å²) < 4.78 is 1.95. The number of aromatic nitrogens is 2. The van der Waals surface area contributed by atoms with Gasteiger partial charge in [-0.05, 0) is 126 Å². The van der Waals surface area contributed by atoms with Crippen molar-refractivity contribution in [3.8, 4) is 44.8 Å². The van der Waals surface area contributed by atoms with Gasteiger partial charge >= 0.3 is 0 Å². The van der Waals surface area contributed by atoms with E-state index in [2.05, 4.69) is 157 Å². The first-order chi connectivity index (χ1) is 34.4. The van der Waals surface area contributed by atoms with Crippen LogP contribution in [0.5, 0.6) is 0 Å². The molecule has 8 rings (SSSR count).